The van der Waals surface area contributed by atoms with Crippen LogP contribution in [0.15, 0.2) is 45.6 Å². The van der Waals surface area contributed by atoms with Crippen LogP contribution in [0.4, 0.5) is 0 Å². The molecular weight excluding hydrogens is 342 g/mol. The van der Waals surface area contributed by atoms with Gasteiger partial charge in [0, 0.05) is 11.4 Å². The summed E-state index contributed by atoms with van der Waals surface area (Å²) in [5.74, 6) is 0.246. The molecule has 1 aliphatic carbocycles. The number of carbonyl (C=O) groups excluding carboxylic acids is 1. The number of rotatable bonds is 4. The molecule has 0 saturated heterocycles. The minimum Gasteiger partial charge on any atom is -0.491 e. The van der Waals surface area contributed by atoms with E-state index in [1.54, 1.807) is 18.2 Å². The Balaban J connectivity index is 1.58. The second kappa shape index (κ2) is 6.08. The van der Waals surface area contributed by atoms with Crippen molar-refractivity contribution in [3.8, 4) is 5.75 Å². The number of fused-ring (bicyclic) bond motifs is 2. The van der Waals surface area contributed by atoms with E-state index in [0.717, 1.165) is 11.1 Å². The van der Waals surface area contributed by atoms with E-state index in [1.165, 1.54) is 4.57 Å². The molecule has 0 bridgehead atoms. The van der Waals surface area contributed by atoms with Gasteiger partial charge in [-0.3, -0.25) is 9.36 Å². The summed E-state index contributed by atoms with van der Waals surface area (Å²) in [6.45, 7) is 2.56. The number of aromatic nitrogens is 1. The normalized spacial score (nSPS) is 16.4. The van der Waals surface area contributed by atoms with Gasteiger partial charge >= 0.3 is 5.76 Å². The molecule has 25 heavy (non-hydrogen) atoms. The van der Waals surface area contributed by atoms with Crippen molar-refractivity contribution in [2.45, 2.75) is 25.8 Å². The quantitative estimate of drug-likeness (QED) is 0.707. The topological polar surface area (TPSA) is 61.4 Å². The maximum atomic E-state index is 12.3. The molecule has 128 valence electrons. The lowest BCUT2D eigenvalue weighted by Gasteiger charge is -2.12. The van der Waals surface area contributed by atoms with E-state index in [4.69, 9.17) is 20.8 Å². The van der Waals surface area contributed by atoms with Gasteiger partial charge in [-0.25, -0.2) is 4.79 Å². The Hall–Kier alpha value is -2.53. The van der Waals surface area contributed by atoms with Crippen LogP contribution in [0.25, 0.3) is 11.1 Å². The number of nitrogens with zero attached hydrogens (tertiary/aromatic N) is 1. The SMILES string of the molecule is CC1CC(=O)c2c(OCCn3c(=O)oc4ccccc43)ccc(Cl)c21. The summed E-state index contributed by atoms with van der Waals surface area (Å²) in [5, 5.41) is 0.595. The third-order valence-electron chi connectivity index (χ3n) is 4.56. The van der Waals surface area contributed by atoms with Gasteiger partial charge in [0.25, 0.3) is 0 Å². The minimum atomic E-state index is -0.421. The molecule has 0 radical (unpaired) electrons. The van der Waals surface area contributed by atoms with Gasteiger partial charge in [0.1, 0.15) is 12.4 Å². The highest BCUT2D eigenvalue weighted by Gasteiger charge is 2.31. The molecule has 4 rings (SSSR count). The first-order valence-electron chi connectivity index (χ1n) is 8.13. The van der Waals surface area contributed by atoms with Gasteiger partial charge in [-0.05, 0) is 35.7 Å². The van der Waals surface area contributed by atoms with Crippen LogP contribution >= 0.6 is 11.6 Å². The minimum absolute atomic E-state index is 0.0472. The summed E-state index contributed by atoms with van der Waals surface area (Å²) < 4.78 is 12.5. The van der Waals surface area contributed by atoms with Crippen molar-refractivity contribution in [1.29, 1.82) is 0 Å². The highest BCUT2D eigenvalue weighted by molar-refractivity contribution is 6.32. The Bertz CT molecular complexity index is 1030. The molecule has 1 aromatic heterocycles. The number of hydrogen-bond donors (Lipinski definition) is 0. The van der Waals surface area contributed by atoms with Crippen molar-refractivity contribution in [3.05, 3.63) is 63.1 Å². The molecule has 5 nitrogen and oxygen atoms in total. The number of carbonyl (C=O) groups is 1. The molecule has 1 unspecified atom stereocenters. The fourth-order valence-electron chi connectivity index (χ4n) is 3.42. The Labute approximate surface area is 148 Å². The van der Waals surface area contributed by atoms with Crippen LogP contribution in [-0.2, 0) is 6.54 Å². The zero-order valence-electron chi connectivity index (χ0n) is 13.6. The smallest absolute Gasteiger partial charge is 0.420 e. The molecule has 2 aromatic carbocycles. The molecule has 6 heteroatoms. The van der Waals surface area contributed by atoms with Crippen LogP contribution in [-0.4, -0.2) is 17.0 Å². The van der Waals surface area contributed by atoms with Crippen molar-refractivity contribution in [2.24, 2.45) is 0 Å². The number of oxazole rings is 1. The first-order chi connectivity index (χ1) is 12.1. The van der Waals surface area contributed by atoms with E-state index in [1.807, 2.05) is 25.1 Å². The van der Waals surface area contributed by atoms with Gasteiger partial charge < -0.3 is 9.15 Å². The second-order valence-electron chi connectivity index (χ2n) is 6.20. The van der Waals surface area contributed by atoms with Crippen molar-refractivity contribution >= 4 is 28.5 Å². The molecule has 1 atom stereocenters. The first kappa shape index (κ1) is 16.0. The lowest BCUT2D eigenvalue weighted by atomic mass is 10.0. The summed E-state index contributed by atoms with van der Waals surface area (Å²) in [5.41, 5.74) is 2.70. The average molecular weight is 358 g/mol. The number of hydrogen-bond acceptors (Lipinski definition) is 4. The fraction of sp³-hybridized carbons (Fsp3) is 0.263. The van der Waals surface area contributed by atoms with Crippen molar-refractivity contribution in [2.75, 3.05) is 6.61 Å². The molecule has 3 aromatic rings. The number of ether oxygens (including phenoxy) is 1. The molecule has 0 N–H and O–H groups in total. The molecule has 0 amide bonds. The molecule has 0 spiro atoms. The van der Waals surface area contributed by atoms with Crippen molar-refractivity contribution in [3.63, 3.8) is 0 Å². The number of halogens is 1. The lowest BCUT2D eigenvalue weighted by Crippen LogP contribution is -2.19. The molecular formula is C19H16ClNO4. The molecule has 1 heterocycles. The standard InChI is InChI=1S/C19H16ClNO4/c1-11-10-14(22)18-16(7-6-12(20)17(11)18)24-9-8-21-13-4-2-3-5-15(13)25-19(21)23/h2-7,11H,8-10H2,1H3. The molecule has 0 aliphatic heterocycles. The van der Waals surface area contributed by atoms with Crippen LogP contribution in [0.3, 0.4) is 0 Å². The Morgan fingerprint density at radius 3 is 2.88 bits per heavy atom. The van der Waals surface area contributed by atoms with Gasteiger partial charge in [0.15, 0.2) is 11.4 Å². The lowest BCUT2D eigenvalue weighted by molar-refractivity contribution is 0.0986. The molecule has 0 fully saturated rings. The van der Waals surface area contributed by atoms with Gasteiger partial charge in [0.2, 0.25) is 0 Å². The molecule has 0 saturated carbocycles. The first-order valence-corrected chi connectivity index (χ1v) is 8.51. The number of benzene rings is 2. The van der Waals surface area contributed by atoms with Crippen molar-refractivity contribution < 1.29 is 13.9 Å². The Kier molecular flexibility index (Phi) is 3.88. The summed E-state index contributed by atoms with van der Waals surface area (Å²) in [6.07, 6.45) is 0.446. The summed E-state index contributed by atoms with van der Waals surface area (Å²) in [6, 6.07) is 10.7. The van der Waals surface area contributed by atoms with Gasteiger partial charge in [-0.15, -0.1) is 0 Å². The van der Waals surface area contributed by atoms with Crippen LogP contribution in [0.2, 0.25) is 5.02 Å². The van der Waals surface area contributed by atoms with E-state index < -0.39 is 5.76 Å². The second-order valence-corrected chi connectivity index (χ2v) is 6.61. The third-order valence-corrected chi connectivity index (χ3v) is 4.89. The maximum absolute atomic E-state index is 12.3. The zero-order valence-corrected chi connectivity index (χ0v) is 14.4. The van der Waals surface area contributed by atoms with Crippen LogP contribution < -0.4 is 10.5 Å². The van der Waals surface area contributed by atoms with E-state index in [-0.39, 0.29) is 18.3 Å². The maximum Gasteiger partial charge on any atom is 0.420 e. The van der Waals surface area contributed by atoms with Gasteiger partial charge in [-0.1, -0.05) is 30.7 Å². The Morgan fingerprint density at radius 2 is 2.04 bits per heavy atom. The van der Waals surface area contributed by atoms with E-state index in [0.29, 0.717) is 34.9 Å². The number of Topliss-reactive ketones (excluding diaryl/α,β-unsaturated/α-hetero) is 1. The third kappa shape index (κ3) is 2.65. The highest BCUT2D eigenvalue weighted by Crippen LogP contribution is 2.42. The van der Waals surface area contributed by atoms with Crippen LogP contribution in [0, 0.1) is 0 Å². The van der Waals surface area contributed by atoms with Gasteiger partial charge in [-0.2, -0.15) is 0 Å². The van der Waals surface area contributed by atoms with Crippen molar-refractivity contribution in [1.82, 2.24) is 4.57 Å². The Morgan fingerprint density at radius 1 is 1.24 bits per heavy atom. The van der Waals surface area contributed by atoms with Crippen LogP contribution in [0.1, 0.15) is 35.2 Å². The largest absolute Gasteiger partial charge is 0.491 e. The average Bonchev–Trinajstić information content (AvgIpc) is 3.07. The zero-order chi connectivity index (χ0) is 17.6. The number of para-hydroxylation sites is 2. The van der Waals surface area contributed by atoms with Gasteiger partial charge in [0.05, 0.1) is 17.6 Å². The monoisotopic (exact) mass is 357 g/mol. The molecule has 1 aliphatic rings. The summed E-state index contributed by atoms with van der Waals surface area (Å²) in [4.78, 5) is 24.2. The number of ketones is 1. The van der Waals surface area contributed by atoms with E-state index in [9.17, 15) is 9.59 Å². The van der Waals surface area contributed by atoms with E-state index >= 15 is 0 Å². The van der Waals surface area contributed by atoms with E-state index in [2.05, 4.69) is 0 Å². The summed E-state index contributed by atoms with van der Waals surface area (Å²) in [7, 11) is 0. The fourth-order valence-corrected chi connectivity index (χ4v) is 3.76. The highest BCUT2D eigenvalue weighted by atomic mass is 35.5. The summed E-state index contributed by atoms with van der Waals surface area (Å²) >= 11 is 6.24. The predicted molar refractivity (Wildman–Crippen MR) is 94.8 cm³/mol. The van der Waals surface area contributed by atoms with Crippen LogP contribution in [0.5, 0.6) is 5.75 Å². The predicted octanol–water partition coefficient (Wildman–Crippen LogP) is 4.02.